The van der Waals surface area contributed by atoms with Crippen molar-refractivity contribution < 1.29 is 4.42 Å². The van der Waals surface area contributed by atoms with Gasteiger partial charge in [0.05, 0.1) is 6.04 Å². The summed E-state index contributed by atoms with van der Waals surface area (Å²) in [5.41, 5.74) is 1.30. The lowest BCUT2D eigenvalue weighted by molar-refractivity contribution is 0.0864. The lowest BCUT2D eigenvalue weighted by Gasteiger charge is -2.39. The van der Waals surface area contributed by atoms with Crippen molar-refractivity contribution in [1.82, 2.24) is 10.2 Å². The Morgan fingerprint density at radius 1 is 1.15 bits per heavy atom. The van der Waals surface area contributed by atoms with E-state index in [0.29, 0.717) is 6.04 Å². The number of piperazine rings is 1. The van der Waals surface area contributed by atoms with Crippen LogP contribution >= 0.6 is 0 Å². The van der Waals surface area contributed by atoms with E-state index in [1.54, 1.807) is 0 Å². The fourth-order valence-electron chi connectivity index (χ4n) is 3.87. The van der Waals surface area contributed by atoms with Gasteiger partial charge in [0.25, 0.3) is 0 Å². The zero-order chi connectivity index (χ0) is 13.9. The zero-order valence-electron chi connectivity index (χ0n) is 13.0. The summed E-state index contributed by atoms with van der Waals surface area (Å²) in [6.45, 7) is 8.79. The van der Waals surface area contributed by atoms with Crippen molar-refractivity contribution in [3.8, 4) is 0 Å². The van der Waals surface area contributed by atoms with Crippen LogP contribution < -0.4 is 5.32 Å². The lowest BCUT2D eigenvalue weighted by Crippen LogP contribution is -2.47. The number of hydrogen-bond acceptors (Lipinski definition) is 3. The summed E-state index contributed by atoms with van der Waals surface area (Å²) in [4.78, 5) is 2.66. The van der Waals surface area contributed by atoms with Crippen LogP contribution in [0, 0.1) is 19.8 Å². The largest absolute Gasteiger partial charge is 0.464 e. The number of hydrogen-bond donors (Lipinski definition) is 1. The molecular weight excluding hydrogens is 248 g/mol. The molecule has 1 aliphatic heterocycles. The van der Waals surface area contributed by atoms with E-state index in [4.69, 9.17) is 4.42 Å². The second-order valence-corrected chi connectivity index (χ2v) is 6.52. The molecule has 2 aliphatic rings. The monoisotopic (exact) mass is 276 g/mol. The van der Waals surface area contributed by atoms with Crippen LogP contribution in [0.15, 0.2) is 10.5 Å². The van der Waals surface area contributed by atoms with Crippen LogP contribution in [0.25, 0.3) is 0 Å². The van der Waals surface area contributed by atoms with E-state index in [-0.39, 0.29) is 0 Å². The third-order valence-electron chi connectivity index (χ3n) is 5.12. The van der Waals surface area contributed by atoms with Gasteiger partial charge in [0.2, 0.25) is 0 Å². The summed E-state index contributed by atoms with van der Waals surface area (Å²) in [6, 6.07) is 2.79. The predicted molar refractivity (Wildman–Crippen MR) is 81.9 cm³/mol. The Kier molecular flexibility index (Phi) is 4.47. The van der Waals surface area contributed by atoms with Gasteiger partial charge in [0.15, 0.2) is 0 Å². The highest BCUT2D eigenvalue weighted by atomic mass is 16.3. The summed E-state index contributed by atoms with van der Waals surface area (Å²) in [6.07, 6.45) is 6.94. The van der Waals surface area contributed by atoms with Gasteiger partial charge in [-0.05, 0) is 44.2 Å². The molecule has 112 valence electrons. The van der Waals surface area contributed by atoms with E-state index < -0.39 is 0 Å². The Hall–Kier alpha value is -0.800. The first-order valence-electron chi connectivity index (χ1n) is 8.27. The molecule has 1 N–H and O–H groups in total. The molecule has 0 bridgehead atoms. The minimum atomic E-state index is 0.504. The van der Waals surface area contributed by atoms with Crippen LogP contribution in [-0.4, -0.2) is 31.1 Å². The van der Waals surface area contributed by atoms with Gasteiger partial charge >= 0.3 is 0 Å². The van der Waals surface area contributed by atoms with Crippen LogP contribution in [-0.2, 0) is 0 Å². The van der Waals surface area contributed by atoms with Crippen LogP contribution in [0.3, 0.4) is 0 Å². The third-order valence-corrected chi connectivity index (χ3v) is 5.12. The predicted octanol–water partition coefficient (Wildman–Crippen LogP) is 3.42. The fraction of sp³-hybridized carbons (Fsp3) is 0.765. The van der Waals surface area contributed by atoms with Crippen molar-refractivity contribution >= 4 is 0 Å². The van der Waals surface area contributed by atoms with Gasteiger partial charge in [0, 0.05) is 26.2 Å². The van der Waals surface area contributed by atoms with Crippen LogP contribution in [0.2, 0.25) is 0 Å². The van der Waals surface area contributed by atoms with Crippen molar-refractivity contribution in [2.24, 2.45) is 5.92 Å². The topological polar surface area (TPSA) is 28.4 Å². The first kappa shape index (κ1) is 14.2. The van der Waals surface area contributed by atoms with Crippen molar-refractivity contribution in [2.45, 2.75) is 52.0 Å². The number of nitrogens with one attached hydrogen (secondary N) is 1. The lowest BCUT2D eigenvalue weighted by atomic mass is 9.82. The van der Waals surface area contributed by atoms with Gasteiger partial charge < -0.3 is 9.73 Å². The molecule has 1 aromatic heterocycles. The molecule has 2 heterocycles. The minimum absolute atomic E-state index is 0.504. The Bertz CT molecular complexity index is 391. The highest BCUT2D eigenvalue weighted by molar-refractivity contribution is 5.21. The molecule has 3 rings (SSSR count). The Labute approximate surface area is 122 Å². The number of furan rings is 1. The molecule has 1 saturated carbocycles. The smallest absolute Gasteiger partial charge is 0.121 e. The fourth-order valence-corrected chi connectivity index (χ4v) is 3.87. The van der Waals surface area contributed by atoms with Crippen molar-refractivity contribution in [3.05, 3.63) is 23.2 Å². The van der Waals surface area contributed by atoms with Gasteiger partial charge in [-0.15, -0.1) is 0 Å². The van der Waals surface area contributed by atoms with Gasteiger partial charge in [-0.3, -0.25) is 4.90 Å². The van der Waals surface area contributed by atoms with E-state index in [1.807, 2.05) is 0 Å². The molecule has 1 atom stereocenters. The molecule has 20 heavy (non-hydrogen) atoms. The van der Waals surface area contributed by atoms with Crippen molar-refractivity contribution in [2.75, 3.05) is 26.2 Å². The van der Waals surface area contributed by atoms with E-state index in [2.05, 4.69) is 30.1 Å². The molecule has 0 radical (unpaired) electrons. The standard InChI is InChI=1S/C17H28N2O/c1-13-12-16(20-14(13)2)17(15-6-4-3-5-7-15)19-10-8-18-9-11-19/h12,15,17-18H,3-11H2,1-2H3/t17-/m1/s1. The van der Waals surface area contributed by atoms with Crippen LogP contribution in [0.5, 0.6) is 0 Å². The molecule has 2 fully saturated rings. The van der Waals surface area contributed by atoms with E-state index >= 15 is 0 Å². The normalized spacial score (nSPS) is 23.9. The quantitative estimate of drug-likeness (QED) is 0.917. The average molecular weight is 276 g/mol. The molecule has 0 aromatic carbocycles. The Morgan fingerprint density at radius 2 is 1.85 bits per heavy atom. The maximum atomic E-state index is 6.12. The van der Waals surface area contributed by atoms with Crippen molar-refractivity contribution in [3.63, 3.8) is 0 Å². The molecule has 0 unspecified atom stereocenters. The summed E-state index contributed by atoms with van der Waals surface area (Å²) in [7, 11) is 0. The Morgan fingerprint density at radius 3 is 2.45 bits per heavy atom. The highest BCUT2D eigenvalue weighted by Crippen LogP contribution is 2.39. The van der Waals surface area contributed by atoms with Crippen LogP contribution in [0.1, 0.15) is 55.2 Å². The molecule has 0 spiro atoms. The molecule has 3 heteroatoms. The summed E-state index contributed by atoms with van der Waals surface area (Å²) in [5.74, 6) is 3.09. The maximum Gasteiger partial charge on any atom is 0.121 e. The Balaban J connectivity index is 1.85. The summed E-state index contributed by atoms with van der Waals surface area (Å²) >= 11 is 0. The number of aryl methyl sites for hydroxylation is 2. The molecule has 1 aliphatic carbocycles. The molecule has 1 saturated heterocycles. The average Bonchev–Trinajstić information content (AvgIpc) is 2.81. The number of rotatable bonds is 3. The van der Waals surface area contributed by atoms with Gasteiger partial charge in [-0.2, -0.15) is 0 Å². The summed E-state index contributed by atoms with van der Waals surface area (Å²) in [5, 5.41) is 3.47. The second-order valence-electron chi connectivity index (χ2n) is 6.52. The van der Waals surface area contributed by atoms with Gasteiger partial charge in [0.1, 0.15) is 11.5 Å². The highest BCUT2D eigenvalue weighted by Gasteiger charge is 2.33. The third kappa shape index (κ3) is 2.94. The molecule has 1 aromatic rings. The minimum Gasteiger partial charge on any atom is -0.464 e. The first-order chi connectivity index (χ1) is 9.75. The van der Waals surface area contributed by atoms with Crippen LogP contribution in [0.4, 0.5) is 0 Å². The summed E-state index contributed by atoms with van der Waals surface area (Å²) < 4.78 is 6.12. The number of nitrogens with zero attached hydrogens (tertiary/aromatic N) is 1. The van der Waals surface area contributed by atoms with Gasteiger partial charge in [-0.1, -0.05) is 19.3 Å². The van der Waals surface area contributed by atoms with E-state index in [0.717, 1.165) is 37.9 Å². The van der Waals surface area contributed by atoms with E-state index in [9.17, 15) is 0 Å². The first-order valence-corrected chi connectivity index (χ1v) is 8.27. The van der Waals surface area contributed by atoms with Gasteiger partial charge in [-0.25, -0.2) is 0 Å². The molecule has 3 nitrogen and oxygen atoms in total. The second kappa shape index (κ2) is 6.31. The SMILES string of the molecule is Cc1cc([C@@H](C2CCCCC2)N2CCNCC2)oc1C. The molecular formula is C17H28N2O. The zero-order valence-corrected chi connectivity index (χ0v) is 13.0. The van der Waals surface area contributed by atoms with E-state index in [1.165, 1.54) is 43.4 Å². The van der Waals surface area contributed by atoms with Crippen molar-refractivity contribution in [1.29, 1.82) is 0 Å². The maximum absolute atomic E-state index is 6.12. The molecule has 0 amide bonds.